The van der Waals surface area contributed by atoms with Crippen molar-refractivity contribution < 1.29 is 9.21 Å². The summed E-state index contributed by atoms with van der Waals surface area (Å²) < 4.78 is 5.21. The van der Waals surface area contributed by atoms with Crippen LogP contribution in [0.3, 0.4) is 0 Å². The molecule has 1 atom stereocenters. The molecule has 0 saturated heterocycles. The lowest BCUT2D eigenvalue weighted by atomic mass is 10.0. The molecule has 4 nitrogen and oxygen atoms in total. The molecule has 1 aliphatic rings. The molecule has 2 N–H and O–H groups in total. The number of fused-ring (bicyclic) bond motifs is 1. The Morgan fingerprint density at radius 1 is 1.45 bits per heavy atom. The molecule has 4 heteroatoms. The smallest absolute Gasteiger partial charge is 0.176 e. The van der Waals surface area contributed by atoms with E-state index in [4.69, 9.17) is 4.42 Å². The number of hydrogen-bond donors (Lipinski definition) is 2. The molecule has 2 aromatic rings. The van der Waals surface area contributed by atoms with E-state index in [9.17, 15) is 4.79 Å². The molecule has 0 bridgehead atoms. The molecule has 0 saturated carbocycles. The van der Waals surface area contributed by atoms with Crippen LogP contribution in [0.15, 0.2) is 41.0 Å². The minimum atomic E-state index is 0.110. The highest BCUT2D eigenvalue weighted by Crippen LogP contribution is 2.26. The minimum absolute atomic E-state index is 0.110. The lowest BCUT2D eigenvalue weighted by Crippen LogP contribution is -2.22. The van der Waals surface area contributed by atoms with Gasteiger partial charge in [-0.05, 0) is 49.2 Å². The second-order valence-electron chi connectivity index (χ2n) is 5.23. The van der Waals surface area contributed by atoms with E-state index in [1.54, 1.807) is 6.26 Å². The largest absolute Gasteiger partial charge is 0.468 e. The summed E-state index contributed by atoms with van der Waals surface area (Å²) in [6.07, 6.45) is 2.61. The van der Waals surface area contributed by atoms with Crippen LogP contribution < -0.4 is 10.6 Å². The molecular formula is C16H18N2O2. The van der Waals surface area contributed by atoms with E-state index < -0.39 is 0 Å². The standard InChI is InChI=1S/C16H18N2O2/c1-11-7-13-8-12(4-5-15(13)18-11)16(19)10-17-9-14-3-2-6-20-14/h2-6,8,11,17-18H,7,9-10H2,1H3. The fourth-order valence-corrected chi connectivity index (χ4v) is 2.54. The lowest BCUT2D eigenvalue weighted by molar-refractivity contribution is 0.0990. The van der Waals surface area contributed by atoms with E-state index in [2.05, 4.69) is 17.6 Å². The zero-order valence-electron chi connectivity index (χ0n) is 11.5. The highest BCUT2D eigenvalue weighted by Gasteiger charge is 2.18. The Balaban J connectivity index is 1.59. The van der Waals surface area contributed by atoms with Crippen LogP contribution in [0.1, 0.15) is 28.6 Å². The first-order valence-electron chi connectivity index (χ1n) is 6.88. The van der Waals surface area contributed by atoms with Crippen LogP contribution in [-0.2, 0) is 13.0 Å². The number of anilines is 1. The molecule has 0 aliphatic carbocycles. The fraction of sp³-hybridized carbons (Fsp3) is 0.312. The van der Waals surface area contributed by atoms with Crippen LogP contribution in [0, 0.1) is 0 Å². The van der Waals surface area contributed by atoms with Crippen LogP contribution in [0.2, 0.25) is 0 Å². The van der Waals surface area contributed by atoms with Crippen LogP contribution in [0.25, 0.3) is 0 Å². The Morgan fingerprint density at radius 2 is 2.35 bits per heavy atom. The maximum atomic E-state index is 12.1. The second kappa shape index (κ2) is 5.51. The maximum Gasteiger partial charge on any atom is 0.176 e. The van der Waals surface area contributed by atoms with Gasteiger partial charge in [-0.2, -0.15) is 0 Å². The molecule has 1 unspecified atom stereocenters. The lowest BCUT2D eigenvalue weighted by Gasteiger charge is -2.05. The SMILES string of the molecule is CC1Cc2cc(C(=O)CNCc3ccco3)ccc2N1. The van der Waals surface area contributed by atoms with Gasteiger partial charge in [0, 0.05) is 17.3 Å². The normalized spacial score (nSPS) is 16.8. The number of Topliss-reactive ketones (excluding diaryl/α,β-unsaturated/α-hetero) is 1. The number of carbonyl (C=O) groups excluding carboxylic acids is 1. The van der Waals surface area contributed by atoms with Gasteiger partial charge < -0.3 is 15.1 Å². The highest BCUT2D eigenvalue weighted by molar-refractivity contribution is 5.98. The van der Waals surface area contributed by atoms with Crippen molar-refractivity contribution in [1.82, 2.24) is 5.32 Å². The van der Waals surface area contributed by atoms with Gasteiger partial charge in [-0.1, -0.05) is 0 Å². The molecule has 1 aromatic heterocycles. The van der Waals surface area contributed by atoms with Gasteiger partial charge in [-0.25, -0.2) is 0 Å². The highest BCUT2D eigenvalue weighted by atomic mass is 16.3. The molecule has 1 aliphatic heterocycles. The number of benzene rings is 1. The van der Waals surface area contributed by atoms with Crippen molar-refractivity contribution in [3.05, 3.63) is 53.5 Å². The quantitative estimate of drug-likeness (QED) is 0.820. The summed E-state index contributed by atoms with van der Waals surface area (Å²) in [5, 5.41) is 6.49. The predicted molar refractivity (Wildman–Crippen MR) is 78.0 cm³/mol. The number of nitrogens with one attached hydrogen (secondary N) is 2. The Bertz CT molecular complexity index is 605. The number of rotatable bonds is 5. The molecule has 104 valence electrons. The molecule has 3 rings (SSSR count). The number of hydrogen-bond acceptors (Lipinski definition) is 4. The van der Waals surface area contributed by atoms with Gasteiger partial charge in [0.05, 0.1) is 19.4 Å². The first-order chi connectivity index (χ1) is 9.72. The van der Waals surface area contributed by atoms with Crippen LogP contribution in [0.4, 0.5) is 5.69 Å². The Hall–Kier alpha value is -2.07. The summed E-state index contributed by atoms with van der Waals surface area (Å²) >= 11 is 0. The Labute approximate surface area is 118 Å². The van der Waals surface area contributed by atoms with Crippen LogP contribution in [-0.4, -0.2) is 18.4 Å². The number of furan rings is 1. The van der Waals surface area contributed by atoms with E-state index >= 15 is 0 Å². The second-order valence-corrected chi connectivity index (χ2v) is 5.23. The Morgan fingerprint density at radius 3 is 3.15 bits per heavy atom. The topological polar surface area (TPSA) is 54.3 Å². The molecule has 0 radical (unpaired) electrons. The van der Waals surface area contributed by atoms with Crippen molar-refractivity contribution in [2.24, 2.45) is 0 Å². The molecule has 0 fully saturated rings. The summed E-state index contributed by atoms with van der Waals surface area (Å²) in [7, 11) is 0. The van der Waals surface area contributed by atoms with Gasteiger partial charge in [0.15, 0.2) is 5.78 Å². The minimum Gasteiger partial charge on any atom is -0.468 e. The summed E-state index contributed by atoms with van der Waals surface area (Å²) in [6, 6.07) is 10.1. The third-order valence-corrected chi connectivity index (χ3v) is 3.52. The van der Waals surface area contributed by atoms with Gasteiger partial charge in [0.2, 0.25) is 0 Å². The zero-order chi connectivity index (χ0) is 13.9. The molecule has 2 heterocycles. The monoisotopic (exact) mass is 270 g/mol. The first kappa shape index (κ1) is 12.9. The van der Waals surface area contributed by atoms with Crippen molar-refractivity contribution >= 4 is 11.5 Å². The summed E-state index contributed by atoms with van der Waals surface area (Å²) in [4.78, 5) is 12.1. The summed E-state index contributed by atoms with van der Waals surface area (Å²) in [6.45, 7) is 3.04. The van der Waals surface area contributed by atoms with Crippen molar-refractivity contribution in [3.63, 3.8) is 0 Å². The molecule has 20 heavy (non-hydrogen) atoms. The van der Waals surface area contributed by atoms with Crippen molar-refractivity contribution in [3.8, 4) is 0 Å². The maximum absolute atomic E-state index is 12.1. The number of ketones is 1. The van der Waals surface area contributed by atoms with Gasteiger partial charge >= 0.3 is 0 Å². The van der Waals surface area contributed by atoms with E-state index in [1.165, 1.54) is 5.56 Å². The average Bonchev–Trinajstić information content (AvgIpc) is 3.05. The van der Waals surface area contributed by atoms with Crippen molar-refractivity contribution in [2.45, 2.75) is 25.9 Å². The summed E-state index contributed by atoms with van der Waals surface area (Å²) in [5.74, 6) is 0.948. The van der Waals surface area contributed by atoms with Crippen LogP contribution in [0.5, 0.6) is 0 Å². The third kappa shape index (κ3) is 2.75. The number of carbonyl (C=O) groups is 1. The van der Waals surface area contributed by atoms with Gasteiger partial charge in [0.1, 0.15) is 5.76 Å². The average molecular weight is 270 g/mol. The molecule has 0 amide bonds. The summed E-state index contributed by atoms with van der Waals surface area (Å²) in [5.41, 5.74) is 3.15. The predicted octanol–water partition coefficient (Wildman–Crippen LogP) is 2.61. The van der Waals surface area contributed by atoms with E-state index in [0.29, 0.717) is 19.1 Å². The third-order valence-electron chi connectivity index (χ3n) is 3.52. The van der Waals surface area contributed by atoms with E-state index in [1.807, 2.05) is 30.3 Å². The fourth-order valence-electron chi connectivity index (χ4n) is 2.54. The molecule has 0 spiro atoms. The Kier molecular flexibility index (Phi) is 3.56. The van der Waals surface area contributed by atoms with E-state index in [-0.39, 0.29) is 5.78 Å². The molecular weight excluding hydrogens is 252 g/mol. The van der Waals surface area contributed by atoms with Gasteiger partial charge in [0.25, 0.3) is 0 Å². The first-order valence-corrected chi connectivity index (χ1v) is 6.88. The van der Waals surface area contributed by atoms with Crippen LogP contribution >= 0.6 is 0 Å². The van der Waals surface area contributed by atoms with Crippen molar-refractivity contribution in [2.75, 3.05) is 11.9 Å². The van der Waals surface area contributed by atoms with E-state index in [0.717, 1.165) is 23.4 Å². The van der Waals surface area contributed by atoms with Crippen molar-refractivity contribution in [1.29, 1.82) is 0 Å². The van der Waals surface area contributed by atoms with Gasteiger partial charge in [-0.15, -0.1) is 0 Å². The molecule has 1 aromatic carbocycles. The van der Waals surface area contributed by atoms with Gasteiger partial charge in [-0.3, -0.25) is 4.79 Å². The zero-order valence-corrected chi connectivity index (χ0v) is 11.5.